The average molecular weight is 242 g/mol. The Bertz CT molecular complexity index is 177. The van der Waals surface area contributed by atoms with Crippen LogP contribution in [0, 0.1) is 0 Å². The second-order valence-corrected chi connectivity index (χ2v) is 5.48. The van der Waals surface area contributed by atoms with E-state index < -0.39 is 0 Å². The Labute approximate surface area is 107 Å². The standard InChI is InChI=1S/C14H30N2O/c1-13(2)15-11-14(12-17-3)16-9-7-5-4-6-8-10-16/h13-15H,4-12H2,1-3H3. The topological polar surface area (TPSA) is 24.5 Å². The van der Waals surface area contributed by atoms with Gasteiger partial charge >= 0.3 is 0 Å². The van der Waals surface area contributed by atoms with Gasteiger partial charge in [0.15, 0.2) is 0 Å². The van der Waals surface area contributed by atoms with Crippen LogP contribution in [0.3, 0.4) is 0 Å². The lowest BCUT2D eigenvalue weighted by Crippen LogP contribution is -2.47. The molecular weight excluding hydrogens is 212 g/mol. The number of ether oxygens (including phenoxy) is 1. The molecule has 0 aliphatic carbocycles. The highest BCUT2D eigenvalue weighted by Crippen LogP contribution is 2.13. The Morgan fingerprint density at radius 1 is 1.06 bits per heavy atom. The maximum atomic E-state index is 5.38. The minimum absolute atomic E-state index is 0.542. The summed E-state index contributed by atoms with van der Waals surface area (Å²) < 4.78 is 5.38. The molecule has 0 spiro atoms. The number of hydrogen-bond donors (Lipinski definition) is 1. The molecule has 3 nitrogen and oxygen atoms in total. The predicted octanol–water partition coefficient (Wildman–Crippen LogP) is 2.27. The van der Waals surface area contributed by atoms with Crippen molar-refractivity contribution in [2.45, 2.75) is 58.0 Å². The van der Waals surface area contributed by atoms with E-state index in [0.717, 1.165) is 13.2 Å². The van der Waals surface area contributed by atoms with Crippen molar-refractivity contribution in [3.05, 3.63) is 0 Å². The summed E-state index contributed by atoms with van der Waals surface area (Å²) in [5, 5.41) is 3.54. The Morgan fingerprint density at radius 3 is 2.18 bits per heavy atom. The molecule has 0 aromatic heterocycles. The summed E-state index contributed by atoms with van der Waals surface area (Å²) in [6, 6.07) is 1.10. The maximum Gasteiger partial charge on any atom is 0.0630 e. The minimum Gasteiger partial charge on any atom is -0.383 e. The van der Waals surface area contributed by atoms with Gasteiger partial charge in [0.25, 0.3) is 0 Å². The second-order valence-electron chi connectivity index (χ2n) is 5.48. The normalized spacial score (nSPS) is 21.2. The molecule has 1 fully saturated rings. The van der Waals surface area contributed by atoms with E-state index in [-0.39, 0.29) is 0 Å². The summed E-state index contributed by atoms with van der Waals surface area (Å²) in [6.45, 7) is 8.79. The van der Waals surface area contributed by atoms with Crippen LogP contribution < -0.4 is 5.32 Å². The number of methoxy groups -OCH3 is 1. The van der Waals surface area contributed by atoms with Crippen LogP contribution in [0.15, 0.2) is 0 Å². The van der Waals surface area contributed by atoms with Crippen LogP contribution in [0.25, 0.3) is 0 Å². The molecule has 1 saturated heterocycles. The molecule has 17 heavy (non-hydrogen) atoms. The first-order valence-corrected chi connectivity index (χ1v) is 7.20. The molecule has 0 aromatic rings. The van der Waals surface area contributed by atoms with Crippen LogP contribution in [0.5, 0.6) is 0 Å². The van der Waals surface area contributed by atoms with Crippen molar-refractivity contribution in [2.75, 3.05) is 33.4 Å². The third-order valence-electron chi connectivity index (χ3n) is 3.53. The molecule has 0 bridgehead atoms. The summed E-state index contributed by atoms with van der Waals surface area (Å²) in [7, 11) is 1.81. The fourth-order valence-electron chi connectivity index (χ4n) is 2.49. The van der Waals surface area contributed by atoms with E-state index in [1.807, 2.05) is 7.11 Å². The van der Waals surface area contributed by atoms with Gasteiger partial charge in [-0.15, -0.1) is 0 Å². The molecule has 0 radical (unpaired) electrons. The van der Waals surface area contributed by atoms with Gasteiger partial charge in [-0.2, -0.15) is 0 Å². The molecule has 1 heterocycles. The van der Waals surface area contributed by atoms with Gasteiger partial charge in [-0.25, -0.2) is 0 Å². The summed E-state index contributed by atoms with van der Waals surface area (Å²) in [6.07, 6.45) is 6.92. The van der Waals surface area contributed by atoms with E-state index in [2.05, 4.69) is 24.1 Å². The molecule has 1 N–H and O–H groups in total. The van der Waals surface area contributed by atoms with Crippen molar-refractivity contribution in [1.82, 2.24) is 10.2 Å². The fourth-order valence-corrected chi connectivity index (χ4v) is 2.49. The molecule has 0 saturated carbocycles. The Hall–Kier alpha value is -0.120. The maximum absolute atomic E-state index is 5.38. The molecule has 1 rings (SSSR count). The minimum atomic E-state index is 0.542. The quantitative estimate of drug-likeness (QED) is 0.773. The van der Waals surface area contributed by atoms with Gasteiger partial charge < -0.3 is 10.1 Å². The van der Waals surface area contributed by atoms with Crippen molar-refractivity contribution in [3.63, 3.8) is 0 Å². The monoisotopic (exact) mass is 242 g/mol. The Balaban J connectivity index is 2.41. The van der Waals surface area contributed by atoms with Crippen LogP contribution in [0.1, 0.15) is 46.0 Å². The average Bonchev–Trinajstić information content (AvgIpc) is 2.24. The number of nitrogens with zero attached hydrogens (tertiary/aromatic N) is 1. The van der Waals surface area contributed by atoms with E-state index in [1.54, 1.807) is 0 Å². The Kier molecular flexibility index (Phi) is 7.82. The highest BCUT2D eigenvalue weighted by Gasteiger charge is 2.18. The number of rotatable bonds is 6. The zero-order valence-electron chi connectivity index (χ0n) is 11.9. The zero-order chi connectivity index (χ0) is 12.5. The first-order chi connectivity index (χ1) is 8.24. The van der Waals surface area contributed by atoms with Crippen molar-refractivity contribution in [2.24, 2.45) is 0 Å². The fraction of sp³-hybridized carbons (Fsp3) is 1.00. The molecule has 1 atom stereocenters. The van der Waals surface area contributed by atoms with Crippen molar-refractivity contribution < 1.29 is 4.74 Å². The largest absolute Gasteiger partial charge is 0.383 e. The first-order valence-electron chi connectivity index (χ1n) is 7.20. The lowest BCUT2D eigenvalue weighted by atomic mass is 10.1. The lowest BCUT2D eigenvalue weighted by molar-refractivity contribution is 0.0823. The van der Waals surface area contributed by atoms with E-state index in [0.29, 0.717) is 12.1 Å². The van der Waals surface area contributed by atoms with Gasteiger partial charge in [-0.05, 0) is 25.9 Å². The van der Waals surface area contributed by atoms with Gasteiger partial charge in [-0.3, -0.25) is 4.90 Å². The first kappa shape index (κ1) is 14.9. The molecular formula is C14H30N2O. The van der Waals surface area contributed by atoms with Gasteiger partial charge in [0.1, 0.15) is 0 Å². The summed E-state index contributed by atoms with van der Waals surface area (Å²) >= 11 is 0. The van der Waals surface area contributed by atoms with Crippen molar-refractivity contribution in [3.8, 4) is 0 Å². The highest BCUT2D eigenvalue weighted by atomic mass is 16.5. The van der Waals surface area contributed by atoms with Crippen LogP contribution >= 0.6 is 0 Å². The van der Waals surface area contributed by atoms with Gasteiger partial charge in [0, 0.05) is 25.7 Å². The van der Waals surface area contributed by atoms with Crippen LogP contribution in [0.4, 0.5) is 0 Å². The van der Waals surface area contributed by atoms with Crippen LogP contribution in [0.2, 0.25) is 0 Å². The summed E-state index contributed by atoms with van der Waals surface area (Å²) in [5.74, 6) is 0. The van der Waals surface area contributed by atoms with E-state index in [9.17, 15) is 0 Å². The molecule has 1 unspecified atom stereocenters. The van der Waals surface area contributed by atoms with Gasteiger partial charge in [-0.1, -0.05) is 33.1 Å². The smallest absolute Gasteiger partial charge is 0.0630 e. The van der Waals surface area contributed by atoms with E-state index in [4.69, 9.17) is 4.74 Å². The zero-order valence-corrected chi connectivity index (χ0v) is 11.9. The van der Waals surface area contributed by atoms with Crippen molar-refractivity contribution >= 4 is 0 Å². The molecule has 0 aromatic carbocycles. The Morgan fingerprint density at radius 2 is 1.65 bits per heavy atom. The second kappa shape index (κ2) is 8.90. The number of likely N-dealkylation sites (tertiary alicyclic amines) is 1. The summed E-state index contributed by atoms with van der Waals surface area (Å²) in [4.78, 5) is 2.62. The highest BCUT2D eigenvalue weighted by molar-refractivity contribution is 4.76. The molecule has 1 aliphatic rings. The predicted molar refractivity (Wildman–Crippen MR) is 73.5 cm³/mol. The van der Waals surface area contributed by atoms with E-state index in [1.165, 1.54) is 45.2 Å². The summed E-state index contributed by atoms with van der Waals surface area (Å²) in [5.41, 5.74) is 0. The molecule has 1 aliphatic heterocycles. The van der Waals surface area contributed by atoms with E-state index >= 15 is 0 Å². The van der Waals surface area contributed by atoms with Crippen molar-refractivity contribution in [1.29, 1.82) is 0 Å². The molecule has 0 amide bonds. The molecule has 3 heteroatoms. The van der Waals surface area contributed by atoms with Crippen LogP contribution in [-0.4, -0.2) is 50.3 Å². The molecule has 102 valence electrons. The third-order valence-corrected chi connectivity index (χ3v) is 3.53. The number of hydrogen-bond acceptors (Lipinski definition) is 3. The number of nitrogens with one attached hydrogen (secondary N) is 1. The lowest BCUT2D eigenvalue weighted by Gasteiger charge is -2.33. The van der Waals surface area contributed by atoms with Gasteiger partial charge in [0.2, 0.25) is 0 Å². The van der Waals surface area contributed by atoms with Gasteiger partial charge in [0.05, 0.1) is 6.61 Å². The van der Waals surface area contributed by atoms with Crippen LogP contribution in [-0.2, 0) is 4.74 Å². The third kappa shape index (κ3) is 6.39. The SMILES string of the molecule is COCC(CNC(C)C)N1CCCCCCC1.